The monoisotopic (exact) mass is 361 g/mol. The summed E-state index contributed by atoms with van der Waals surface area (Å²) in [5.41, 5.74) is 2.05. The van der Waals surface area contributed by atoms with Crippen LogP contribution in [0.4, 0.5) is 5.82 Å². The van der Waals surface area contributed by atoms with Gasteiger partial charge in [-0.15, -0.1) is 0 Å². The Morgan fingerprint density at radius 2 is 1.90 bits per heavy atom. The minimum absolute atomic E-state index is 0.268. The summed E-state index contributed by atoms with van der Waals surface area (Å²) >= 11 is 9.53. The summed E-state index contributed by atoms with van der Waals surface area (Å²) < 4.78 is 1.07. The molecule has 0 amide bonds. The van der Waals surface area contributed by atoms with Crippen LogP contribution in [-0.2, 0) is 6.54 Å². The topological polar surface area (TPSA) is 29.0 Å². The molecule has 0 spiro atoms. The first-order chi connectivity index (χ1) is 10.1. The number of hydrogen-bond acceptors (Lipinski definition) is 3. The number of nitrogens with zero attached hydrogens (tertiary/aromatic N) is 3. The van der Waals surface area contributed by atoms with Crippen molar-refractivity contribution in [2.45, 2.75) is 6.54 Å². The number of para-hydroxylation sites is 1. The molecular weight excluding hydrogens is 350 g/mol. The quantitative estimate of drug-likeness (QED) is 0.633. The van der Waals surface area contributed by atoms with Gasteiger partial charge in [0.2, 0.25) is 5.28 Å². The fourth-order valence-electron chi connectivity index (χ4n) is 2.31. The summed E-state index contributed by atoms with van der Waals surface area (Å²) in [6.45, 7) is 0.747. The molecule has 0 bridgehead atoms. The Bertz CT molecular complexity index is 791. The van der Waals surface area contributed by atoms with E-state index in [1.54, 1.807) is 0 Å². The SMILES string of the molecule is CN(Cc1cccc(Br)c1)c1nc(Cl)nc2ccccc12. The zero-order valence-corrected chi connectivity index (χ0v) is 13.8. The van der Waals surface area contributed by atoms with E-state index in [0.29, 0.717) is 0 Å². The van der Waals surface area contributed by atoms with E-state index in [-0.39, 0.29) is 5.28 Å². The standard InChI is InChI=1S/C16H13BrClN3/c1-21(10-11-5-4-6-12(17)9-11)15-13-7-2-3-8-14(13)19-16(18)20-15/h2-9H,10H2,1H3. The highest BCUT2D eigenvalue weighted by molar-refractivity contribution is 9.10. The molecule has 0 saturated heterocycles. The molecule has 2 aromatic carbocycles. The molecule has 1 aromatic heterocycles. The second kappa shape index (κ2) is 6.00. The van der Waals surface area contributed by atoms with Gasteiger partial charge >= 0.3 is 0 Å². The van der Waals surface area contributed by atoms with Crippen LogP contribution in [0.1, 0.15) is 5.56 Å². The van der Waals surface area contributed by atoms with Crippen molar-refractivity contribution in [3.63, 3.8) is 0 Å². The van der Waals surface area contributed by atoms with Crippen molar-refractivity contribution in [3.05, 3.63) is 63.9 Å². The summed E-state index contributed by atoms with van der Waals surface area (Å²) in [5.74, 6) is 0.838. The predicted octanol–water partition coefficient (Wildman–Crippen LogP) is 4.68. The van der Waals surface area contributed by atoms with Gasteiger partial charge in [0.25, 0.3) is 0 Å². The molecule has 0 unspecified atom stereocenters. The molecule has 0 aliphatic rings. The summed E-state index contributed by atoms with van der Waals surface area (Å²) in [6, 6.07) is 16.1. The van der Waals surface area contributed by atoms with Crippen LogP contribution in [0.3, 0.4) is 0 Å². The number of halogens is 2. The number of fused-ring (bicyclic) bond motifs is 1. The van der Waals surface area contributed by atoms with Crippen LogP contribution in [0, 0.1) is 0 Å². The van der Waals surface area contributed by atoms with Gasteiger partial charge in [-0.1, -0.05) is 40.2 Å². The lowest BCUT2D eigenvalue weighted by molar-refractivity contribution is 0.900. The van der Waals surface area contributed by atoms with Gasteiger partial charge in [-0.25, -0.2) is 4.98 Å². The van der Waals surface area contributed by atoms with Crippen molar-refractivity contribution < 1.29 is 0 Å². The Balaban J connectivity index is 1.99. The van der Waals surface area contributed by atoms with Crippen LogP contribution >= 0.6 is 27.5 Å². The van der Waals surface area contributed by atoms with Crippen LogP contribution in [0.2, 0.25) is 5.28 Å². The van der Waals surface area contributed by atoms with Gasteiger partial charge in [-0.05, 0) is 41.4 Å². The lowest BCUT2D eigenvalue weighted by Gasteiger charge is -2.20. The molecule has 106 valence electrons. The van der Waals surface area contributed by atoms with Crippen molar-refractivity contribution in [3.8, 4) is 0 Å². The molecule has 0 radical (unpaired) electrons. The van der Waals surface area contributed by atoms with E-state index in [0.717, 1.165) is 27.7 Å². The number of anilines is 1. The van der Waals surface area contributed by atoms with Crippen LogP contribution in [0.5, 0.6) is 0 Å². The molecule has 3 aromatic rings. The number of hydrogen-bond donors (Lipinski definition) is 0. The Kier molecular flexibility index (Phi) is 4.08. The van der Waals surface area contributed by atoms with Crippen molar-refractivity contribution in [2.24, 2.45) is 0 Å². The molecule has 3 rings (SSSR count). The van der Waals surface area contributed by atoms with E-state index in [2.05, 4.69) is 42.9 Å². The van der Waals surface area contributed by atoms with E-state index in [1.807, 2.05) is 43.4 Å². The zero-order chi connectivity index (χ0) is 14.8. The molecular formula is C16H13BrClN3. The maximum Gasteiger partial charge on any atom is 0.224 e. The van der Waals surface area contributed by atoms with E-state index in [1.165, 1.54) is 5.56 Å². The number of aromatic nitrogens is 2. The molecule has 3 nitrogen and oxygen atoms in total. The van der Waals surface area contributed by atoms with Gasteiger partial charge in [0.05, 0.1) is 5.52 Å². The third-order valence-electron chi connectivity index (χ3n) is 3.23. The lowest BCUT2D eigenvalue weighted by Crippen LogP contribution is -2.18. The Labute approximate surface area is 136 Å². The fraction of sp³-hybridized carbons (Fsp3) is 0.125. The average Bonchev–Trinajstić information content (AvgIpc) is 2.46. The first kappa shape index (κ1) is 14.3. The maximum absolute atomic E-state index is 6.04. The first-order valence-corrected chi connectivity index (χ1v) is 7.68. The van der Waals surface area contributed by atoms with Crippen LogP contribution in [0.15, 0.2) is 53.0 Å². The van der Waals surface area contributed by atoms with Gasteiger partial charge in [0.1, 0.15) is 5.82 Å². The highest BCUT2D eigenvalue weighted by atomic mass is 79.9. The maximum atomic E-state index is 6.04. The number of benzene rings is 2. The predicted molar refractivity (Wildman–Crippen MR) is 90.8 cm³/mol. The van der Waals surface area contributed by atoms with E-state index < -0.39 is 0 Å². The Morgan fingerprint density at radius 1 is 1.10 bits per heavy atom. The van der Waals surface area contributed by atoms with Gasteiger partial charge in [-0.3, -0.25) is 0 Å². The highest BCUT2D eigenvalue weighted by Crippen LogP contribution is 2.25. The van der Waals surface area contributed by atoms with Gasteiger partial charge in [-0.2, -0.15) is 4.98 Å². The first-order valence-electron chi connectivity index (χ1n) is 6.51. The highest BCUT2D eigenvalue weighted by Gasteiger charge is 2.11. The minimum atomic E-state index is 0.268. The summed E-state index contributed by atoms with van der Waals surface area (Å²) in [5, 5.41) is 1.27. The Morgan fingerprint density at radius 3 is 2.71 bits per heavy atom. The third kappa shape index (κ3) is 3.17. The Hall–Kier alpha value is -1.65. The van der Waals surface area contributed by atoms with Gasteiger partial charge in [0.15, 0.2) is 0 Å². The summed E-state index contributed by atoms with van der Waals surface area (Å²) in [6.07, 6.45) is 0. The van der Waals surface area contributed by atoms with E-state index >= 15 is 0 Å². The van der Waals surface area contributed by atoms with Crippen molar-refractivity contribution >= 4 is 44.3 Å². The molecule has 0 aliphatic heterocycles. The normalized spacial score (nSPS) is 10.8. The van der Waals surface area contributed by atoms with E-state index in [9.17, 15) is 0 Å². The van der Waals surface area contributed by atoms with E-state index in [4.69, 9.17) is 11.6 Å². The molecule has 1 heterocycles. The largest absolute Gasteiger partial charge is 0.355 e. The van der Waals surface area contributed by atoms with Crippen molar-refractivity contribution in [1.29, 1.82) is 0 Å². The summed E-state index contributed by atoms with van der Waals surface area (Å²) in [4.78, 5) is 10.7. The lowest BCUT2D eigenvalue weighted by atomic mass is 10.2. The van der Waals surface area contributed by atoms with Crippen LogP contribution in [0.25, 0.3) is 10.9 Å². The second-order valence-corrected chi connectivity index (χ2v) is 6.07. The molecule has 0 atom stereocenters. The van der Waals surface area contributed by atoms with Crippen LogP contribution in [-0.4, -0.2) is 17.0 Å². The molecule has 0 N–H and O–H groups in total. The minimum Gasteiger partial charge on any atom is -0.355 e. The van der Waals surface area contributed by atoms with Gasteiger partial charge < -0.3 is 4.90 Å². The summed E-state index contributed by atoms with van der Waals surface area (Å²) in [7, 11) is 2.01. The third-order valence-corrected chi connectivity index (χ3v) is 3.89. The number of rotatable bonds is 3. The fourth-order valence-corrected chi connectivity index (χ4v) is 2.93. The molecule has 0 fully saturated rings. The smallest absolute Gasteiger partial charge is 0.224 e. The molecule has 0 aliphatic carbocycles. The second-order valence-electron chi connectivity index (χ2n) is 4.82. The average molecular weight is 363 g/mol. The molecule has 21 heavy (non-hydrogen) atoms. The molecule has 5 heteroatoms. The van der Waals surface area contributed by atoms with Crippen LogP contribution < -0.4 is 4.90 Å². The zero-order valence-electron chi connectivity index (χ0n) is 11.4. The molecule has 0 saturated carbocycles. The van der Waals surface area contributed by atoms with Crippen molar-refractivity contribution in [1.82, 2.24) is 9.97 Å². The van der Waals surface area contributed by atoms with Crippen molar-refractivity contribution in [2.75, 3.05) is 11.9 Å². The van der Waals surface area contributed by atoms with Gasteiger partial charge in [0, 0.05) is 23.5 Å².